The second-order valence-corrected chi connectivity index (χ2v) is 6.23. The lowest BCUT2D eigenvalue weighted by Gasteiger charge is -2.41. The van der Waals surface area contributed by atoms with E-state index in [-0.39, 0.29) is 0 Å². The van der Waals surface area contributed by atoms with Crippen LogP contribution in [0.4, 0.5) is 0 Å². The van der Waals surface area contributed by atoms with Gasteiger partial charge in [0, 0.05) is 32.2 Å². The molecule has 0 spiro atoms. The molecule has 2 rings (SSSR count). The van der Waals surface area contributed by atoms with Crippen molar-refractivity contribution in [2.75, 3.05) is 26.2 Å². The lowest BCUT2D eigenvalue weighted by atomic mass is 10.1. The number of aromatic nitrogens is 1. The maximum atomic E-state index is 9.89. The highest BCUT2D eigenvalue weighted by atomic mass is 16.3. The SMILES string of the molecule is Cc1ncoc1CN1CCN(CC(C)(C)O)CC1C. The van der Waals surface area contributed by atoms with Gasteiger partial charge in [-0.15, -0.1) is 0 Å². The fourth-order valence-corrected chi connectivity index (χ4v) is 2.66. The summed E-state index contributed by atoms with van der Waals surface area (Å²) in [5.41, 5.74) is 0.356. The minimum atomic E-state index is -0.622. The molecule has 1 N–H and O–H groups in total. The van der Waals surface area contributed by atoms with Gasteiger partial charge in [-0.3, -0.25) is 9.80 Å². The molecule has 1 fully saturated rings. The minimum absolute atomic E-state index is 0.459. The van der Waals surface area contributed by atoms with Crippen molar-refractivity contribution in [1.82, 2.24) is 14.8 Å². The summed E-state index contributed by atoms with van der Waals surface area (Å²) in [4.78, 5) is 8.87. The number of rotatable bonds is 4. The van der Waals surface area contributed by atoms with E-state index in [4.69, 9.17) is 4.42 Å². The molecule has 5 nitrogen and oxygen atoms in total. The fraction of sp³-hybridized carbons (Fsp3) is 0.786. The number of oxazole rings is 1. The van der Waals surface area contributed by atoms with Gasteiger partial charge in [-0.1, -0.05) is 0 Å². The number of nitrogens with zero attached hydrogens (tertiary/aromatic N) is 3. The Morgan fingerprint density at radius 3 is 2.74 bits per heavy atom. The molecule has 19 heavy (non-hydrogen) atoms. The first kappa shape index (κ1) is 14.5. The maximum absolute atomic E-state index is 9.89. The fourth-order valence-electron chi connectivity index (χ4n) is 2.66. The van der Waals surface area contributed by atoms with Gasteiger partial charge in [0.15, 0.2) is 6.39 Å². The van der Waals surface area contributed by atoms with E-state index in [9.17, 15) is 5.11 Å². The Balaban J connectivity index is 1.89. The number of piperazine rings is 1. The van der Waals surface area contributed by atoms with Gasteiger partial charge in [0.25, 0.3) is 0 Å². The molecule has 0 bridgehead atoms. The third kappa shape index (κ3) is 4.03. The molecule has 1 aliphatic rings. The van der Waals surface area contributed by atoms with E-state index < -0.39 is 5.60 Å². The summed E-state index contributed by atoms with van der Waals surface area (Å²) in [5, 5.41) is 9.89. The monoisotopic (exact) mass is 267 g/mol. The van der Waals surface area contributed by atoms with Crippen molar-refractivity contribution in [3.8, 4) is 0 Å². The van der Waals surface area contributed by atoms with E-state index in [0.29, 0.717) is 6.04 Å². The number of aliphatic hydroxyl groups is 1. The van der Waals surface area contributed by atoms with Gasteiger partial charge in [-0.25, -0.2) is 4.98 Å². The summed E-state index contributed by atoms with van der Waals surface area (Å²) in [7, 11) is 0. The van der Waals surface area contributed by atoms with Crippen LogP contribution in [0.2, 0.25) is 0 Å². The topological polar surface area (TPSA) is 52.7 Å². The first-order valence-electron chi connectivity index (χ1n) is 6.93. The normalized spacial score (nSPS) is 22.9. The molecule has 1 aliphatic heterocycles. The molecule has 1 unspecified atom stereocenters. The molecule has 1 atom stereocenters. The van der Waals surface area contributed by atoms with Crippen LogP contribution in [-0.4, -0.2) is 57.7 Å². The van der Waals surface area contributed by atoms with Crippen LogP contribution in [0.15, 0.2) is 10.8 Å². The van der Waals surface area contributed by atoms with Gasteiger partial charge in [-0.2, -0.15) is 0 Å². The summed E-state index contributed by atoms with van der Waals surface area (Å²) in [6.07, 6.45) is 1.51. The summed E-state index contributed by atoms with van der Waals surface area (Å²) in [6.45, 7) is 12.5. The summed E-state index contributed by atoms with van der Waals surface area (Å²) in [5.74, 6) is 0.961. The van der Waals surface area contributed by atoms with Crippen molar-refractivity contribution >= 4 is 0 Å². The Labute approximate surface area is 115 Å². The van der Waals surface area contributed by atoms with Gasteiger partial charge in [0.1, 0.15) is 5.76 Å². The quantitative estimate of drug-likeness (QED) is 0.890. The van der Waals surface area contributed by atoms with Crippen molar-refractivity contribution in [2.45, 2.75) is 45.9 Å². The highest BCUT2D eigenvalue weighted by molar-refractivity contribution is 5.04. The van der Waals surface area contributed by atoms with Crippen LogP contribution in [0.1, 0.15) is 32.2 Å². The van der Waals surface area contributed by atoms with Gasteiger partial charge in [0.05, 0.1) is 17.8 Å². The largest absolute Gasteiger partial charge is 0.447 e. The van der Waals surface area contributed by atoms with Gasteiger partial charge in [0.2, 0.25) is 0 Å². The number of aryl methyl sites for hydroxylation is 1. The van der Waals surface area contributed by atoms with E-state index >= 15 is 0 Å². The van der Waals surface area contributed by atoms with Crippen molar-refractivity contribution in [2.24, 2.45) is 0 Å². The van der Waals surface area contributed by atoms with Crippen molar-refractivity contribution < 1.29 is 9.52 Å². The summed E-state index contributed by atoms with van der Waals surface area (Å²) >= 11 is 0. The van der Waals surface area contributed by atoms with Crippen LogP contribution < -0.4 is 0 Å². The molecule has 0 amide bonds. The van der Waals surface area contributed by atoms with Crippen LogP contribution in [0.5, 0.6) is 0 Å². The molecule has 0 radical (unpaired) electrons. The third-order valence-electron chi connectivity index (χ3n) is 3.65. The van der Waals surface area contributed by atoms with Crippen molar-refractivity contribution in [3.63, 3.8) is 0 Å². The second kappa shape index (κ2) is 5.61. The number of hydrogen-bond acceptors (Lipinski definition) is 5. The molecule has 5 heteroatoms. The highest BCUT2D eigenvalue weighted by Gasteiger charge is 2.27. The van der Waals surface area contributed by atoms with E-state index in [1.807, 2.05) is 20.8 Å². The first-order valence-corrected chi connectivity index (χ1v) is 6.93. The van der Waals surface area contributed by atoms with E-state index in [2.05, 4.69) is 21.7 Å². The lowest BCUT2D eigenvalue weighted by molar-refractivity contribution is 0.000564. The standard InChI is InChI=1S/C14H25N3O2/c1-11-7-16(9-14(3,4)18)5-6-17(11)8-13-12(2)15-10-19-13/h10-11,18H,5-9H2,1-4H3. The second-order valence-electron chi connectivity index (χ2n) is 6.23. The molecule has 108 valence electrons. The minimum Gasteiger partial charge on any atom is -0.447 e. The molecule has 0 aliphatic carbocycles. The van der Waals surface area contributed by atoms with E-state index in [1.165, 1.54) is 6.39 Å². The molecular formula is C14H25N3O2. The van der Waals surface area contributed by atoms with Gasteiger partial charge in [-0.05, 0) is 27.7 Å². The Hall–Kier alpha value is -0.910. The van der Waals surface area contributed by atoms with Crippen molar-refractivity contribution in [1.29, 1.82) is 0 Å². The number of hydrogen-bond donors (Lipinski definition) is 1. The zero-order valence-electron chi connectivity index (χ0n) is 12.4. The first-order chi connectivity index (χ1) is 8.85. The van der Waals surface area contributed by atoms with Crippen LogP contribution in [0, 0.1) is 6.92 Å². The average molecular weight is 267 g/mol. The van der Waals surface area contributed by atoms with Crippen LogP contribution in [-0.2, 0) is 6.54 Å². The zero-order chi connectivity index (χ0) is 14.0. The van der Waals surface area contributed by atoms with Crippen LogP contribution >= 0.6 is 0 Å². The summed E-state index contributed by atoms with van der Waals surface area (Å²) in [6, 6.07) is 0.459. The molecule has 2 heterocycles. The Kier molecular flexibility index (Phi) is 4.28. The Bertz CT molecular complexity index is 411. The molecule has 0 aromatic carbocycles. The lowest BCUT2D eigenvalue weighted by Crippen LogP contribution is -2.54. The summed E-state index contributed by atoms with van der Waals surface area (Å²) < 4.78 is 5.42. The van der Waals surface area contributed by atoms with Crippen LogP contribution in [0.25, 0.3) is 0 Å². The zero-order valence-corrected chi connectivity index (χ0v) is 12.4. The van der Waals surface area contributed by atoms with Crippen LogP contribution in [0.3, 0.4) is 0 Å². The third-order valence-corrected chi connectivity index (χ3v) is 3.65. The highest BCUT2D eigenvalue weighted by Crippen LogP contribution is 2.17. The molecule has 1 aromatic heterocycles. The van der Waals surface area contributed by atoms with Crippen molar-refractivity contribution in [3.05, 3.63) is 17.8 Å². The molecule has 0 saturated carbocycles. The smallest absolute Gasteiger partial charge is 0.181 e. The molecule has 1 saturated heterocycles. The van der Waals surface area contributed by atoms with Gasteiger partial charge >= 0.3 is 0 Å². The average Bonchev–Trinajstić information content (AvgIpc) is 2.66. The van der Waals surface area contributed by atoms with E-state index in [1.54, 1.807) is 0 Å². The Morgan fingerprint density at radius 2 is 2.21 bits per heavy atom. The molecule has 1 aromatic rings. The maximum Gasteiger partial charge on any atom is 0.181 e. The Morgan fingerprint density at radius 1 is 1.47 bits per heavy atom. The molecular weight excluding hydrogens is 242 g/mol. The predicted molar refractivity (Wildman–Crippen MR) is 73.8 cm³/mol. The number of β-amino-alcohol motifs (C(OH)–C–C–N with tert-alkyl or cyclic N) is 1. The predicted octanol–water partition coefficient (Wildman–Crippen LogP) is 1.26. The van der Waals surface area contributed by atoms with E-state index in [0.717, 1.165) is 44.2 Å². The van der Waals surface area contributed by atoms with Gasteiger partial charge < -0.3 is 9.52 Å².